The highest BCUT2D eigenvalue weighted by atomic mass is 16.5. The molecule has 7 heteroatoms. The molecular weight excluding hydrogens is 320 g/mol. The molecule has 4 heterocycles. The topological polar surface area (TPSA) is 74.7 Å². The molecule has 0 atom stereocenters. The van der Waals surface area contributed by atoms with Crippen LogP contribution in [0.15, 0.2) is 53.3 Å². The van der Waals surface area contributed by atoms with Gasteiger partial charge in [-0.05, 0) is 36.4 Å². The normalized spacial score (nSPS) is 13.8. The molecule has 1 aliphatic rings. The maximum absolute atomic E-state index is 5.75. The van der Waals surface area contributed by atoms with Gasteiger partial charge in [0.05, 0.1) is 19.5 Å². The van der Waals surface area contributed by atoms with Gasteiger partial charge in [-0.2, -0.15) is 9.50 Å². The van der Waals surface area contributed by atoms with Gasteiger partial charge in [0, 0.05) is 18.2 Å². The first-order valence-electron chi connectivity index (χ1n) is 8.04. The first kappa shape index (κ1) is 14.0. The molecule has 0 unspecified atom stereocenters. The maximum atomic E-state index is 5.75. The summed E-state index contributed by atoms with van der Waals surface area (Å²) < 4.78 is 18.6. The molecule has 0 saturated heterocycles. The standard InChI is InChI=1S/C18H14N4O3/c1-3-14(23-8-1)13-6-7-19-18-20-17(21-22(13)18)12-4-5-15-16(11-12)25-10-2-9-24-15/h1,3-8,11H,2,9-10H2. The van der Waals surface area contributed by atoms with Crippen molar-refractivity contribution in [2.45, 2.75) is 6.42 Å². The Labute approximate surface area is 142 Å². The predicted octanol–water partition coefficient (Wildman–Crippen LogP) is 3.21. The maximum Gasteiger partial charge on any atom is 0.253 e. The van der Waals surface area contributed by atoms with E-state index in [1.807, 2.05) is 36.4 Å². The number of furan rings is 1. The molecule has 4 aromatic rings. The Morgan fingerprint density at radius 1 is 1.00 bits per heavy atom. The molecule has 0 spiro atoms. The molecule has 0 saturated carbocycles. The molecule has 0 N–H and O–H groups in total. The van der Waals surface area contributed by atoms with Crippen LogP contribution in [-0.4, -0.2) is 32.8 Å². The summed E-state index contributed by atoms with van der Waals surface area (Å²) in [6.07, 6.45) is 4.19. The first-order chi connectivity index (χ1) is 12.4. The third-order valence-electron chi connectivity index (χ3n) is 4.02. The number of rotatable bonds is 2. The number of hydrogen-bond acceptors (Lipinski definition) is 6. The van der Waals surface area contributed by atoms with Crippen LogP contribution in [-0.2, 0) is 0 Å². The average molecular weight is 334 g/mol. The molecule has 1 aromatic carbocycles. The van der Waals surface area contributed by atoms with E-state index in [9.17, 15) is 0 Å². The van der Waals surface area contributed by atoms with Crippen molar-refractivity contribution in [3.05, 3.63) is 48.9 Å². The average Bonchev–Trinajstić information content (AvgIpc) is 3.26. The van der Waals surface area contributed by atoms with Gasteiger partial charge in [0.2, 0.25) is 0 Å². The first-order valence-corrected chi connectivity index (χ1v) is 8.04. The summed E-state index contributed by atoms with van der Waals surface area (Å²) in [5.41, 5.74) is 1.64. The minimum atomic E-state index is 0.510. The summed E-state index contributed by atoms with van der Waals surface area (Å²) in [5.74, 6) is 3.26. The molecule has 3 aromatic heterocycles. The Hall–Kier alpha value is -3.35. The van der Waals surface area contributed by atoms with E-state index in [1.54, 1.807) is 17.0 Å². The fraction of sp³-hybridized carbons (Fsp3) is 0.167. The summed E-state index contributed by atoms with van der Waals surface area (Å²) >= 11 is 0. The van der Waals surface area contributed by atoms with E-state index in [1.165, 1.54) is 0 Å². The van der Waals surface area contributed by atoms with Crippen molar-refractivity contribution in [3.8, 4) is 34.3 Å². The van der Waals surface area contributed by atoms with Crippen LogP contribution in [0.2, 0.25) is 0 Å². The number of aromatic nitrogens is 4. The summed E-state index contributed by atoms with van der Waals surface area (Å²) in [5, 5.41) is 4.60. The van der Waals surface area contributed by atoms with Crippen LogP contribution >= 0.6 is 0 Å². The van der Waals surface area contributed by atoms with E-state index >= 15 is 0 Å². The van der Waals surface area contributed by atoms with Gasteiger partial charge in [-0.25, -0.2) is 4.98 Å². The van der Waals surface area contributed by atoms with Crippen LogP contribution in [0.5, 0.6) is 11.5 Å². The van der Waals surface area contributed by atoms with Crippen molar-refractivity contribution < 1.29 is 13.9 Å². The van der Waals surface area contributed by atoms with E-state index in [-0.39, 0.29) is 0 Å². The van der Waals surface area contributed by atoms with Gasteiger partial charge < -0.3 is 13.9 Å². The third-order valence-corrected chi connectivity index (χ3v) is 4.02. The minimum Gasteiger partial charge on any atom is -0.490 e. The highest BCUT2D eigenvalue weighted by molar-refractivity contribution is 5.64. The van der Waals surface area contributed by atoms with Gasteiger partial charge in [0.1, 0.15) is 5.69 Å². The smallest absolute Gasteiger partial charge is 0.253 e. The zero-order valence-corrected chi connectivity index (χ0v) is 13.3. The molecule has 1 aliphatic heterocycles. The molecule has 0 amide bonds. The number of ether oxygens (including phenoxy) is 2. The second kappa shape index (κ2) is 5.62. The summed E-state index contributed by atoms with van der Waals surface area (Å²) in [6.45, 7) is 1.30. The summed E-state index contributed by atoms with van der Waals surface area (Å²) in [6, 6.07) is 11.3. The largest absolute Gasteiger partial charge is 0.490 e. The molecule has 0 radical (unpaired) electrons. The number of nitrogens with zero attached hydrogens (tertiary/aromatic N) is 4. The van der Waals surface area contributed by atoms with E-state index in [0.29, 0.717) is 36.3 Å². The fourth-order valence-electron chi connectivity index (χ4n) is 2.83. The molecule has 124 valence electrons. The second-order valence-corrected chi connectivity index (χ2v) is 5.67. The molecular formula is C18H14N4O3. The van der Waals surface area contributed by atoms with Crippen molar-refractivity contribution >= 4 is 5.78 Å². The van der Waals surface area contributed by atoms with Crippen molar-refractivity contribution in [3.63, 3.8) is 0 Å². The lowest BCUT2D eigenvalue weighted by Gasteiger charge is -2.07. The SMILES string of the molecule is c1coc(-c2ccnc3nc(-c4ccc5c(c4)OCCCO5)nn23)c1. The number of hydrogen-bond donors (Lipinski definition) is 0. The quantitative estimate of drug-likeness (QED) is 0.560. The molecule has 25 heavy (non-hydrogen) atoms. The predicted molar refractivity (Wildman–Crippen MR) is 89.5 cm³/mol. The van der Waals surface area contributed by atoms with Crippen LogP contribution in [0.3, 0.4) is 0 Å². The Morgan fingerprint density at radius 2 is 1.92 bits per heavy atom. The Kier molecular flexibility index (Phi) is 3.16. The van der Waals surface area contributed by atoms with Crippen molar-refractivity contribution in [1.82, 2.24) is 19.6 Å². The van der Waals surface area contributed by atoms with Gasteiger partial charge in [0.25, 0.3) is 5.78 Å². The zero-order chi connectivity index (χ0) is 16.6. The lowest BCUT2D eigenvalue weighted by molar-refractivity contribution is 0.297. The Balaban J connectivity index is 1.62. The van der Waals surface area contributed by atoms with E-state index in [4.69, 9.17) is 13.9 Å². The Bertz CT molecular complexity index is 1040. The van der Waals surface area contributed by atoms with Gasteiger partial charge in [-0.15, -0.1) is 5.10 Å². The van der Waals surface area contributed by atoms with E-state index in [2.05, 4.69) is 15.1 Å². The van der Waals surface area contributed by atoms with Crippen LogP contribution in [0.25, 0.3) is 28.6 Å². The fourth-order valence-corrected chi connectivity index (χ4v) is 2.83. The summed E-state index contributed by atoms with van der Waals surface area (Å²) in [7, 11) is 0. The van der Waals surface area contributed by atoms with Gasteiger partial charge in [0.15, 0.2) is 23.1 Å². The highest BCUT2D eigenvalue weighted by Gasteiger charge is 2.16. The molecule has 0 fully saturated rings. The number of benzene rings is 1. The van der Waals surface area contributed by atoms with Crippen LogP contribution in [0.4, 0.5) is 0 Å². The highest BCUT2D eigenvalue weighted by Crippen LogP contribution is 2.33. The lowest BCUT2D eigenvalue weighted by atomic mass is 10.2. The van der Waals surface area contributed by atoms with Crippen molar-refractivity contribution in [2.24, 2.45) is 0 Å². The van der Waals surface area contributed by atoms with Crippen LogP contribution in [0.1, 0.15) is 6.42 Å². The number of fused-ring (bicyclic) bond motifs is 2. The monoisotopic (exact) mass is 334 g/mol. The van der Waals surface area contributed by atoms with Crippen molar-refractivity contribution in [1.29, 1.82) is 0 Å². The molecule has 0 aliphatic carbocycles. The van der Waals surface area contributed by atoms with Gasteiger partial charge in [-0.1, -0.05) is 0 Å². The van der Waals surface area contributed by atoms with Crippen molar-refractivity contribution in [2.75, 3.05) is 13.2 Å². The van der Waals surface area contributed by atoms with Gasteiger partial charge in [-0.3, -0.25) is 0 Å². The minimum absolute atomic E-state index is 0.510. The lowest BCUT2D eigenvalue weighted by Crippen LogP contribution is -1.97. The summed E-state index contributed by atoms with van der Waals surface area (Å²) in [4.78, 5) is 8.82. The molecule has 5 rings (SSSR count). The molecule has 7 nitrogen and oxygen atoms in total. The molecule has 0 bridgehead atoms. The zero-order valence-electron chi connectivity index (χ0n) is 13.3. The van der Waals surface area contributed by atoms with Gasteiger partial charge >= 0.3 is 0 Å². The van der Waals surface area contributed by atoms with E-state index < -0.39 is 0 Å². The van der Waals surface area contributed by atoms with Crippen LogP contribution < -0.4 is 9.47 Å². The third kappa shape index (κ3) is 2.40. The van der Waals surface area contributed by atoms with E-state index in [0.717, 1.165) is 23.4 Å². The van der Waals surface area contributed by atoms with Crippen LogP contribution in [0, 0.1) is 0 Å². The second-order valence-electron chi connectivity index (χ2n) is 5.67. The Morgan fingerprint density at radius 3 is 2.80 bits per heavy atom.